The topological polar surface area (TPSA) is 59.2 Å². The number of aryl methyl sites for hydroxylation is 1. The Balaban J connectivity index is 1.96. The number of hydrogen-bond acceptors (Lipinski definition) is 5. The van der Waals surface area contributed by atoms with E-state index in [0.29, 0.717) is 10.6 Å². The fourth-order valence-electron chi connectivity index (χ4n) is 2.34. The molecule has 2 aromatic rings. The molecule has 0 aromatic carbocycles. The van der Waals surface area contributed by atoms with Crippen LogP contribution < -0.4 is 5.73 Å². The summed E-state index contributed by atoms with van der Waals surface area (Å²) >= 11 is 3.32. The predicted molar refractivity (Wildman–Crippen MR) is 86.6 cm³/mol. The Kier molecular flexibility index (Phi) is 3.85. The summed E-state index contributed by atoms with van der Waals surface area (Å²) in [6.45, 7) is 3.58. The Morgan fingerprint density at radius 2 is 2.20 bits per heavy atom. The van der Waals surface area contributed by atoms with E-state index >= 15 is 0 Å². The second-order valence-electron chi connectivity index (χ2n) is 4.91. The van der Waals surface area contributed by atoms with Crippen molar-refractivity contribution >= 4 is 44.9 Å². The Hall–Kier alpha value is -1.27. The van der Waals surface area contributed by atoms with Gasteiger partial charge in [-0.05, 0) is 31.2 Å². The molecule has 2 aromatic heterocycles. The van der Waals surface area contributed by atoms with Crippen molar-refractivity contribution in [1.82, 2.24) is 9.88 Å². The maximum atomic E-state index is 12.6. The maximum absolute atomic E-state index is 12.6. The van der Waals surface area contributed by atoms with E-state index in [1.165, 1.54) is 11.3 Å². The highest BCUT2D eigenvalue weighted by molar-refractivity contribution is 7.99. The zero-order valence-corrected chi connectivity index (χ0v) is 13.0. The number of nitrogens with two attached hydrogens (primary N) is 1. The molecule has 1 aliphatic rings. The molecule has 0 saturated carbocycles. The summed E-state index contributed by atoms with van der Waals surface area (Å²) in [7, 11) is 0. The van der Waals surface area contributed by atoms with Crippen molar-refractivity contribution < 1.29 is 4.79 Å². The highest BCUT2D eigenvalue weighted by Gasteiger charge is 2.23. The monoisotopic (exact) mass is 307 g/mol. The fraction of sp³-hybridized carbons (Fsp3) is 0.429. The average molecular weight is 307 g/mol. The average Bonchev–Trinajstić information content (AvgIpc) is 2.65. The van der Waals surface area contributed by atoms with E-state index in [4.69, 9.17) is 5.73 Å². The second kappa shape index (κ2) is 5.61. The van der Waals surface area contributed by atoms with E-state index in [-0.39, 0.29) is 5.91 Å². The molecule has 0 aliphatic carbocycles. The van der Waals surface area contributed by atoms with Crippen molar-refractivity contribution in [2.75, 3.05) is 30.3 Å². The minimum Gasteiger partial charge on any atom is -0.397 e. The first kappa shape index (κ1) is 13.7. The molecule has 1 fully saturated rings. The second-order valence-corrected chi connectivity index (χ2v) is 7.13. The van der Waals surface area contributed by atoms with Gasteiger partial charge in [0.25, 0.3) is 5.91 Å². The highest BCUT2D eigenvalue weighted by Crippen LogP contribution is 2.33. The molecule has 1 amide bonds. The Morgan fingerprint density at radius 1 is 1.35 bits per heavy atom. The van der Waals surface area contributed by atoms with E-state index in [9.17, 15) is 4.79 Å². The molecule has 4 nitrogen and oxygen atoms in total. The van der Waals surface area contributed by atoms with Gasteiger partial charge in [-0.25, -0.2) is 4.98 Å². The van der Waals surface area contributed by atoms with Gasteiger partial charge in [-0.1, -0.05) is 0 Å². The number of nitrogens with zero attached hydrogens (tertiary/aromatic N) is 2. The summed E-state index contributed by atoms with van der Waals surface area (Å²) in [6.07, 6.45) is 1.05. The minimum absolute atomic E-state index is 0.0608. The first-order valence-corrected chi connectivity index (χ1v) is 8.66. The van der Waals surface area contributed by atoms with E-state index in [1.807, 2.05) is 35.7 Å². The standard InChI is InChI=1S/C14H17N3OS2/c1-9-3-4-10-11(15)12(20-13(10)16-9)14(18)17-5-2-7-19-8-6-17/h3-4H,2,5-8,15H2,1H3. The SMILES string of the molecule is Cc1ccc2c(N)c(C(=O)N3CCCSCC3)sc2n1. The summed E-state index contributed by atoms with van der Waals surface area (Å²) in [4.78, 5) is 20.5. The van der Waals surface area contributed by atoms with Crippen LogP contribution in [0.1, 0.15) is 21.8 Å². The normalized spacial score (nSPS) is 16.4. The molecule has 0 unspecified atom stereocenters. The van der Waals surface area contributed by atoms with Crippen LogP contribution in [0.25, 0.3) is 10.2 Å². The maximum Gasteiger partial charge on any atom is 0.266 e. The molecule has 3 rings (SSSR count). The number of hydrogen-bond donors (Lipinski definition) is 1. The number of thiophene rings is 1. The van der Waals surface area contributed by atoms with Gasteiger partial charge in [-0.2, -0.15) is 11.8 Å². The molecule has 0 atom stereocenters. The Morgan fingerprint density at radius 3 is 3.05 bits per heavy atom. The molecule has 1 saturated heterocycles. The van der Waals surface area contributed by atoms with Crippen molar-refractivity contribution in [1.29, 1.82) is 0 Å². The molecule has 20 heavy (non-hydrogen) atoms. The third kappa shape index (κ3) is 2.50. The van der Waals surface area contributed by atoms with Crippen LogP contribution in [-0.4, -0.2) is 40.4 Å². The Labute approximate surface area is 126 Å². The van der Waals surface area contributed by atoms with Crippen molar-refractivity contribution in [2.45, 2.75) is 13.3 Å². The van der Waals surface area contributed by atoms with E-state index < -0.39 is 0 Å². The third-order valence-electron chi connectivity index (χ3n) is 3.44. The smallest absolute Gasteiger partial charge is 0.266 e. The zero-order chi connectivity index (χ0) is 14.1. The van der Waals surface area contributed by atoms with Crippen LogP contribution in [0.3, 0.4) is 0 Å². The quantitative estimate of drug-likeness (QED) is 0.880. The van der Waals surface area contributed by atoms with Gasteiger partial charge in [-0.15, -0.1) is 11.3 Å². The lowest BCUT2D eigenvalue weighted by Crippen LogP contribution is -2.32. The minimum atomic E-state index is 0.0608. The highest BCUT2D eigenvalue weighted by atomic mass is 32.2. The summed E-state index contributed by atoms with van der Waals surface area (Å²) in [6, 6.07) is 3.89. The largest absolute Gasteiger partial charge is 0.397 e. The number of thioether (sulfide) groups is 1. The summed E-state index contributed by atoms with van der Waals surface area (Å²) in [5.74, 6) is 2.20. The Bertz CT molecular complexity index is 645. The van der Waals surface area contributed by atoms with Crippen LogP contribution in [0.2, 0.25) is 0 Å². The molecule has 106 valence electrons. The van der Waals surface area contributed by atoms with Gasteiger partial charge in [-0.3, -0.25) is 4.79 Å². The van der Waals surface area contributed by atoms with Crippen LogP contribution in [0.5, 0.6) is 0 Å². The molecule has 0 bridgehead atoms. The number of aromatic nitrogens is 1. The van der Waals surface area contributed by atoms with E-state index in [1.54, 1.807) is 0 Å². The van der Waals surface area contributed by atoms with Crippen molar-refractivity contribution in [3.8, 4) is 0 Å². The lowest BCUT2D eigenvalue weighted by molar-refractivity contribution is 0.0774. The van der Waals surface area contributed by atoms with Gasteiger partial charge in [0.15, 0.2) is 0 Å². The summed E-state index contributed by atoms with van der Waals surface area (Å²) < 4.78 is 0. The number of anilines is 1. The molecule has 0 radical (unpaired) electrons. The third-order valence-corrected chi connectivity index (χ3v) is 5.59. The summed E-state index contributed by atoms with van der Waals surface area (Å²) in [5, 5.41) is 0.896. The number of rotatable bonds is 1. The van der Waals surface area contributed by atoms with Gasteiger partial charge in [0.2, 0.25) is 0 Å². The number of carbonyl (C=O) groups is 1. The molecular weight excluding hydrogens is 290 g/mol. The molecule has 1 aliphatic heterocycles. The van der Waals surface area contributed by atoms with Crippen molar-refractivity contribution in [3.05, 3.63) is 22.7 Å². The fourth-order valence-corrected chi connectivity index (χ4v) is 4.34. The van der Waals surface area contributed by atoms with Crippen LogP contribution in [0.15, 0.2) is 12.1 Å². The van der Waals surface area contributed by atoms with Crippen LogP contribution >= 0.6 is 23.1 Å². The van der Waals surface area contributed by atoms with Crippen molar-refractivity contribution in [3.63, 3.8) is 0 Å². The van der Waals surface area contributed by atoms with Gasteiger partial charge in [0.05, 0.1) is 5.69 Å². The number of pyridine rings is 1. The summed E-state index contributed by atoms with van der Waals surface area (Å²) in [5.41, 5.74) is 7.68. The number of amides is 1. The van der Waals surface area contributed by atoms with Gasteiger partial charge in [0.1, 0.15) is 9.71 Å². The van der Waals surface area contributed by atoms with E-state index in [0.717, 1.165) is 46.9 Å². The first-order valence-electron chi connectivity index (χ1n) is 6.69. The molecular formula is C14H17N3OS2. The van der Waals surface area contributed by atoms with Crippen molar-refractivity contribution in [2.24, 2.45) is 0 Å². The van der Waals surface area contributed by atoms with Crippen LogP contribution in [0, 0.1) is 6.92 Å². The lowest BCUT2D eigenvalue weighted by Gasteiger charge is -2.19. The van der Waals surface area contributed by atoms with Crippen LogP contribution in [0.4, 0.5) is 5.69 Å². The number of fused-ring (bicyclic) bond motifs is 1. The molecule has 3 heterocycles. The predicted octanol–water partition coefficient (Wildman–Crippen LogP) is 2.77. The molecule has 0 spiro atoms. The number of carbonyl (C=O) groups excluding carboxylic acids is 1. The van der Waals surface area contributed by atoms with Crippen LogP contribution in [-0.2, 0) is 0 Å². The first-order chi connectivity index (χ1) is 9.66. The lowest BCUT2D eigenvalue weighted by atomic mass is 10.2. The van der Waals surface area contributed by atoms with E-state index in [2.05, 4.69) is 4.98 Å². The van der Waals surface area contributed by atoms with Gasteiger partial charge >= 0.3 is 0 Å². The molecule has 6 heteroatoms. The number of nitrogen functional groups attached to an aromatic ring is 1. The van der Waals surface area contributed by atoms with Gasteiger partial charge < -0.3 is 10.6 Å². The van der Waals surface area contributed by atoms with Gasteiger partial charge in [0, 0.05) is 29.9 Å². The molecule has 2 N–H and O–H groups in total. The zero-order valence-electron chi connectivity index (χ0n) is 11.4.